The Balaban J connectivity index is 2.61. The molecule has 0 atom stereocenters. The van der Waals surface area contributed by atoms with Crippen molar-refractivity contribution in [3.05, 3.63) is 46.4 Å². The minimum Gasteiger partial charge on any atom is -0.456 e. The molecule has 74 valence electrons. The summed E-state index contributed by atoms with van der Waals surface area (Å²) < 4.78 is 6.85. The third-order valence-electron chi connectivity index (χ3n) is 2.64. The van der Waals surface area contributed by atoms with E-state index in [0.717, 1.165) is 15.6 Å². The van der Waals surface area contributed by atoms with Crippen molar-refractivity contribution in [1.29, 1.82) is 0 Å². The number of halogens is 1. The van der Waals surface area contributed by atoms with Gasteiger partial charge in [0.05, 0.1) is 0 Å². The van der Waals surface area contributed by atoms with E-state index in [0.29, 0.717) is 0 Å². The van der Waals surface area contributed by atoms with Crippen molar-refractivity contribution in [2.24, 2.45) is 0 Å². The van der Waals surface area contributed by atoms with Crippen LogP contribution in [0.5, 0.6) is 0 Å². The zero-order valence-corrected chi connectivity index (χ0v) is 9.84. The van der Waals surface area contributed by atoms with E-state index in [9.17, 15) is 0 Å². The summed E-state index contributed by atoms with van der Waals surface area (Å²) in [5, 5.41) is 2.41. The lowest BCUT2D eigenvalue weighted by atomic mass is 10.1. The molecule has 15 heavy (non-hydrogen) atoms. The normalized spacial score (nSPS) is 11.3. The number of hydrogen-bond donors (Lipinski definition) is 0. The average Bonchev–Trinajstić information content (AvgIpc) is 2.54. The summed E-state index contributed by atoms with van der Waals surface area (Å²) in [6.07, 6.45) is 0. The van der Waals surface area contributed by atoms with Gasteiger partial charge in [0.15, 0.2) is 0 Å². The van der Waals surface area contributed by atoms with Crippen molar-refractivity contribution in [1.82, 2.24) is 0 Å². The van der Waals surface area contributed by atoms with Crippen molar-refractivity contribution in [3.8, 4) is 0 Å². The maximum absolute atomic E-state index is 5.78. The number of furan rings is 1. The van der Waals surface area contributed by atoms with Gasteiger partial charge < -0.3 is 4.42 Å². The lowest BCUT2D eigenvalue weighted by Crippen LogP contribution is -1.74. The summed E-state index contributed by atoms with van der Waals surface area (Å²) in [5.41, 5.74) is 3.14. The molecule has 3 rings (SSSR count). The van der Waals surface area contributed by atoms with Gasteiger partial charge >= 0.3 is 0 Å². The van der Waals surface area contributed by atoms with E-state index >= 15 is 0 Å². The summed E-state index contributed by atoms with van der Waals surface area (Å²) in [6, 6.07) is 12.3. The molecule has 0 N–H and O–H groups in total. The van der Waals surface area contributed by atoms with Gasteiger partial charge in [0.25, 0.3) is 0 Å². The van der Waals surface area contributed by atoms with Gasteiger partial charge in [-0.3, -0.25) is 0 Å². The van der Waals surface area contributed by atoms with E-state index in [-0.39, 0.29) is 0 Å². The van der Waals surface area contributed by atoms with Gasteiger partial charge in [-0.25, -0.2) is 0 Å². The van der Waals surface area contributed by atoms with Crippen LogP contribution in [0.4, 0.5) is 0 Å². The smallest absolute Gasteiger partial charge is 0.136 e. The lowest BCUT2D eigenvalue weighted by Gasteiger charge is -1.96. The average molecular weight is 261 g/mol. The van der Waals surface area contributed by atoms with E-state index in [1.54, 1.807) is 0 Å². The first-order valence-electron chi connectivity index (χ1n) is 4.83. The van der Waals surface area contributed by atoms with Crippen molar-refractivity contribution in [2.45, 2.75) is 6.92 Å². The molecular weight excluding hydrogens is 252 g/mol. The SMILES string of the molecule is Cc1cc(Br)cc2oc3ccccc3c12. The fourth-order valence-corrected chi connectivity index (χ4v) is 2.57. The highest BCUT2D eigenvalue weighted by atomic mass is 79.9. The number of benzene rings is 2. The summed E-state index contributed by atoms with van der Waals surface area (Å²) in [5.74, 6) is 0. The molecule has 1 heterocycles. The largest absolute Gasteiger partial charge is 0.456 e. The van der Waals surface area contributed by atoms with Crippen LogP contribution in [0.15, 0.2) is 45.3 Å². The van der Waals surface area contributed by atoms with Crippen LogP contribution in [0.2, 0.25) is 0 Å². The van der Waals surface area contributed by atoms with Crippen LogP contribution in [0.25, 0.3) is 21.9 Å². The molecule has 0 spiro atoms. The molecular formula is C13H9BrO. The number of aryl methyl sites for hydroxylation is 1. The summed E-state index contributed by atoms with van der Waals surface area (Å²) in [7, 11) is 0. The fraction of sp³-hybridized carbons (Fsp3) is 0.0769. The molecule has 3 aromatic rings. The van der Waals surface area contributed by atoms with Crippen LogP contribution in [-0.2, 0) is 0 Å². The monoisotopic (exact) mass is 260 g/mol. The Hall–Kier alpha value is -1.28. The highest BCUT2D eigenvalue weighted by molar-refractivity contribution is 9.10. The maximum atomic E-state index is 5.78. The Labute approximate surface area is 95.8 Å². The Morgan fingerprint density at radius 1 is 1.07 bits per heavy atom. The molecule has 0 unspecified atom stereocenters. The Morgan fingerprint density at radius 2 is 1.87 bits per heavy atom. The van der Waals surface area contributed by atoms with E-state index in [2.05, 4.69) is 35.0 Å². The first-order chi connectivity index (χ1) is 7.25. The molecule has 0 saturated heterocycles. The van der Waals surface area contributed by atoms with Crippen molar-refractivity contribution in [3.63, 3.8) is 0 Å². The maximum Gasteiger partial charge on any atom is 0.136 e. The van der Waals surface area contributed by atoms with E-state index < -0.39 is 0 Å². The predicted molar refractivity (Wildman–Crippen MR) is 66.2 cm³/mol. The summed E-state index contributed by atoms with van der Waals surface area (Å²) >= 11 is 3.48. The molecule has 2 heteroatoms. The van der Waals surface area contributed by atoms with Gasteiger partial charge in [-0.15, -0.1) is 0 Å². The summed E-state index contributed by atoms with van der Waals surface area (Å²) in [6.45, 7) is 2.11. The van der Waals surface area contributed by atoms with Crippen molar-refractivity contribution < 1.29 is 4.42 Å². The van der Waals surface area contributed by atoms with E-state index in [1.165, 1.54) is 16.3 Å². The van der Waals surface area contributed by atoms with Crippen molar-refractivity contribution >= 4 is 37.9 Å². The topological polar surface area (TPSA) is 13.1 Å². The third-order valence-corrected chi connectivity index (χ3v) is 3.10. The minimum atomic E-state index is 0.947. The van der Waals surface area contributed by atoms with Crippen LogP contribution >= 0.6 is 15.9 Å². The van der Waals surface area contributed by atoms with Crippen LogP contribution in [-0.4, -0.2) is 0 Å². The number of hydrogen-bond acceptors (Lipinski definition) is 1. The van der Waals surface area contributed by atoms with Gasteiger partial charge in [-0.05, 0) is 30.7 Å². The van der Waals surface area contributed by atoms with Crippen LogP contribution in [0, 0.1) is 6.92 Å². The Morgan fingerprint density at radius 3 is 2.73 bits per heavy atom. The third kappa shape index (κ3) is 1.29. The minimum absolute atomic E-state index is 0.947. The molecule has 0 fully saturated rings. The fourth-order valence-electron chi connectivity index (χ4n) is 2.02. The first-order valence-corrected chi connectivity index (χ1v) is 5.62. The molecule has 0 radical (unpaired) electrons. The highest BCUT2D eigenvalue weighted by Gasteiger charge is 2.08. The lowest BCUT2D eigenvalue weighted by molar-refractivity contribution is 0.668. The molecule has 1 aromatic heterocycles. The highest BCUT2D eigenvalue weighted by Crippen LogP contribution is 2.32. The van der Waals surface area contributed by atoms with Gasteiger partial charge in [0, 0.05) is 15.2 Å². The van der Waals surface area contributed by atoms with E-state index in [4.69, 9.17) is 4.42 Å². The molecule has 0 aliphatic carbocycles. The van der Waals surface area contributed by atoms with Crippen LogP contribution < -0.4 is 0 Å². The molecule has 0 saturated carbocycles. The second kappa shape index (κ2) is 3.11. The quantitative estimate of drug-likeness (QED) is 0.573. The second-order valence-corrected chi connectivity index (χ2v) is 4.61. The molecule has 2 aromatic carbocycles. The molecule has 0 aliphatic heterocycles. The van der Waals surface area contributed by atoms with Gasteiger partial charge in [0.1, 0.15) is 11.2 Å². The van der Waals surface area contributed by atoms with Gasteiger partial charge in [0.2, 0.25) is 0 Å². The zero-order chi connectivity index (χ0) is 10.4. The molecule has 1 nitrogen and oxygen atoms in total. The standard InChI is InChI=1S/C13H9BrO/c1-8-6-9(14)7-12-13(8)10-4-2-3-5-11(10)15-12/h2-7H,1H3. The van der Waals surface area contributed by atoms with Crippen molar-refractivity contribution in [2.75, 3.05) is 0 Å². The molecule has 0 amide bonds. The Kier molecular flexibility index (Phi) is 1.86. The molecule has 0 aliphatic rings. The number of rotatable bonds is 0. The number of fused-ring (bicyclic) bond motifs is 3. The molecule has 0 bridgehead atoms. The first kappa shape index (κ1) is 8.98. The second-order valence-electron chi connectivity index (χ2n) is 3.69. The van der Waals surface area contributed by atoms with Crippen LogP contribution in [0.1, 0.15) is 5.56 Å². The zero-order valence-electron chi connectivity index (χ0n) is 8.25. The summed E-state index contributed by atoms with van der Waals surface area (Å²) in [4.78, 5) is 0. The predicted octanol–water partition coefficient (Wildman–Crippen LogP) is 4.66. The Bertz CT molecular complexity index is 652. The van der Waals surface area contributed by atoms with E-state index in [1.807, 2.05) is 24.3 Å². The number of para-hydroxylation sites is 1. The van der Waals surface area contributed by atoms with Crippen LogP contribution in [0.3, 0.4) is 0 Å². The van der Waals surface area contributed by atoms with Gasteiger partial charge in [-0.2, -0.15) is 0 Å². The van der Waals surface area contributed by atoms with Gasteiger partial charge in [-0.1, -0.05) is 34.1 Å².